The molecule has 402 valence electrons. The van der Waals surface area contributed by atoms with E-state index in [-0.39, 0.29) is 62.5 Å². The summed E-state index contributed by atoms with van der Waals surface area (Å²) in [4.78, 5) is 56.5. The predicted molar refractivity (Wildman–Crippen MR) is 289 cm³/mol. The number of thiol groups is 1. The summed E-state index contributed by atoms with van der Waals surface area (Å²) in [6, 6.07) is -0.00816. The lowest BCUT2D eigenvalue weighted by Gasteiger charge is -2.16. The Morgan fingerprint density at radius 1 is 0.577 bits per heavy atom. The van der Waals surface area contributed by atoms with E-state index in [1.165, 1.54) is 9.36 Å². The van der Waals surface area contributed by atoms with Crippen molar-refractivity contribution in [1.29, 1.82) is 0 Å². The third-order valence-electron chi connectivity index (χ3n) is 10.6. The van der Waals surface area contributed by atoms with Crippen LogP contribution in [-0.2, 0) is 22.0 Å². The van der Waals surface area contributed by atoms with Gasteiger partial charge in [-0.15, -0.1) is 35.8 Å². The zero-order valence-electron chi connectivity index (χ0n) is 44.1. The summed E-state index contributed by atoms with van der Waals surface area (Å²) >= 11 is 6.31. The first-order valence-corrected chi connectivity index (χ1v) is 25.1. The minimum absolute atomic E-state index is 0.00816. The highest BCUT2D eigenvalue weighted by atomic mass is 32.1. The smallest absolute Gasteiger partial charge is 0.345 e. The Morgan fingerprint density at radius 3 is 1.27 bits per heavy atom. The molecule has 0 aliphatic heterocycles. The molecule has 0 aliphatic carbocycles. The Hall–Kier alpha value is -9.46. The number of aryl methyl sites for hydroxylation is 4. The second-order valence-electron chi connectivity index (χ2n) is 19.7. The molecule has 9 rings (SSSR count). The van der Waals surface area contributed by atoms with Crippen LogP contribution in [0.5, 0.6) is 0 Å². The predicted octanol–water partition coefficient (Wildman–Crippen LogP) is 10.2. The molecule has 0 atom stereocenters. The average molecular weight is 1120 g/mol. The minimum Gasteiger partial charge on any atom is -0.409 e. The van der Waals surface area contributed by atoms with E-state index in [0.717, 1.165) is 34.1 Å². The van der Waals surface area contributed by atoms with Crippen molar-refractivity contribution in [3.8, 4) is 16.3 Å². The Kier molecular flexibility index (Phi) is 16.2. The highest BCUT2D eigenvalue weighted by molar-refractivity contribution is 7.79. The molecule has 0 spiro atoms. The zero-order chi connectivity index (χ0) is 57.0. The molecular formula is C44H49N27O4S3. The van der Waals surface area contributed by atoms with Gasteiger partial charge in [-0.3, -0.25) is 45.0 Å². The van der Waals surface area contributed by atoms with Crippen molar-refractivity contribution in [3.05, 3.63) is 118 Å². The summed E-state index contributed by atoms with van der Waals surface area (Å²) in [6.07, 6.45) is 1.11. The van der Waals surface area contributed by atoms with Crippen molar-refractivity contribution in [3.63, 3.8) is 0 Å². The molecule has 0 amide bonds. The van der Waals surface area contributed by atoms with Crippen LogP contribution in [-0.4, -0.2) is 88.8 Å². The molecule has 34 heteroatoms. The number of aromatic nitrogens is 18. The molecule has 0 radical (unpaired) electrons. The van der Waals surface area contributed by atoms with E-state index in [2.05, 4.69) is 133 Å². The number of nitrogens with one attached hydrogen (secondary N) is 6. The lowest BCUT2D eigenvalue weighted by molar-refractivity contribution is 0.502. The molecule has 9 heterocycles. The van der Waals surface area contributed by atoms with Crippen molar-refractivity contribution in [2.45, 2.75) is 112 Å². The van der Waals surface area contributed by atoms with Crippen molar-refractivity contribution < 1.29 is 4.42 Å². The lowest BCUT2D eigenvalue weighted by atomic mass is 9.91. The van der Waals surface area contributed by atoms with E-state index in [1.807, 2.05) is 62.3 Å². The molecule has 0 aliphatic rings. The van der Waals surface area contributed by atoms with Gasteiger partial charge in [0.05, 0.1) is 42.6 Å². The van der Waals surface area contributed by atoms with Crippen molar-refractivity contribution in [1.82, 2.24) is 88.8 Å². The van der Waals surface area contributed by atoms with Gasteiger partial charge in [0.2, 0.25) is 34.1 Å². The van der Waals surface area contributed by atoms with E-state index in [0.29, 0.717) is 73.2 Å². The van der Waals surface area contributed by atoms with Gasteiger partial charge in [0.15, 0.2) is 22.9 Å². The van der Waals surface area contributed by atoms with Gasteiger partial charge in [-0.05, 0) is 43.9 Å². The van der Waals surface area contributed by atoms with Crippen molar-refractivity contribution in [2.24, 2.45) is 30.7 Å². The standard InChI is InChI=1S/C15H17N9OS2.C15H17N9OS.C14H15N9O2/c1-7-9(13(25)24(22-7)14-17-8(6-26)23-27-14)18-20-12-10(16-5)11(19-21-12)15(2,3)4;1-7-9(13(25)24(22-7)14-17-8(2)23-26-14)18-20-12-10(16-6)11(19-21-12)15(3,4)5;1-7-8(12(24)23(22-7)13-21-16-6-25-13)17-19-11-9(15-5)10(18-20-11)14(2,3)4/h22,26H,6H2,1-4H3,(H,19,21);22H,1-5H3,(H,19,21);6,22H,1-4H3,(H,18,20). The van der Waals surface area contributed by atoms with Crippen LogP contribution < -0.4 is 16.7 Å². The lowest BCUT2D eigenvalue weighted by Crippen LogP contribution is -2.14. The maximum atomic E-state index is 12.6. The van der Waals surface area contributed by atoms with Gasteiger partial charge in [-0.2, -0.15) is 50.7 Å². The fourth-order valence-corrected chi connectivity index (χ4v) is 8.30. The zero-order valence-corrected chi connectivity index (χ0v) is 46.6. The highest BCUT2D eigenvalue weighted by Gasteiger charge is 2.27. The quantitative estimate of drug-likeness (QED) is 0.0381. The second kappa shape index (κ2) is 22.4. The molecule has 0 aromatic carbocycles. The SMILES string of the molecule is [C-]#[N+]c1c(N=Nc2c(C)[nH]n(-c3nc(C)ns3)c2=O)n[nH]c1C(C)(C)C.[C-]#[N+]c1c(N=Nc2c(C)[nH]n(-c3nc(CS)ns3)c2=O)n[nH]c1C(C)(C)C.[C-]#[N+]c1c(N=Nc2c(C)[nH]n(-c3nnco3)c2=O)n[nH]c1C(C)(C)C. The molecular weight excluding hydrogens is 1070 g/mol. The number of rotatable bonds is 10. The first-order valence-electron chi connectivity index (χ1n) is 22.9. The van der Waals surface area contributed by atoms with Gasteiger partial charge in [0, 0.05) is 40.1 Å². The monoisotopic (exact) mass is 1120 g/mol. The van der Waals surface area contributed by atoms with Crippen LogP contribution in [0, 0.1) is 47.4 Å². The summed E-state index contributed by atoms with van der Waals surface area (Å²) in [5.41, 5.74) is 2.53. The summed E-state index contributed by atoms with van der Waals surface area (Å²) in [6.45, 7) is 46.6. The Labute approximate surface area is 455 Å². The molecule has 6 N–H and O–H groups in total. The Morgan fingerprint density at radius 2 is 0.949 bits per heavy atom. The third kappa shape index (κ3) is 11.8. The largest absolute Gasteiger partial charge is 0.409 e. The summed E-state index contributed by atoms with van der Waals surface area (Å²) in [5.74, 6) is 1.93. The Bertz CT molecular complexity index is 4040. The number of aromatic amines is 6. The van der Waals surface area contributed by atoms with Crippen LogP contribution in [0.1, 0.15) is 108 Å². The molecule has 78 heavy (non-hydrogen) atoms. The normalized spacial score (nSPS) is 12.0. The topological polar surface area (TPSA) is 377 Å². The van der Waals surface area contributed by atoms with Crippen molar-refractivity contribution >= 4 is 87.3 Å². The number of azo groups is 3. The molecule has 0 saturated heterocycles. The second-order valence-corrected chi connectivity index (χ2v) is 21.4. The number of H-pyrrole nitrogens is 6. The molecule has 0 bridgehead atoms. The van der Waals surface area contributed by atoms with Crippen LogP contribution in [0.2, 0.25) is 0 Å². The minimum atomic E-state index is -0.499. The number of hydrogen-bond donors (Lipinski definition) is 7. The fourth-order valence-electron chi connectivity index (χ4n) is 6.78. The maximum absolute atomic E-state index is 12.6. The Balaban J connectivity index is 0.000000170. The van der Waals surface area contributed by atoms with E-state index in [1.54, 1.807) is 27.7 Å². The first-order chi connectivity index (χ1) is 36.8. The first kappa shape index (κ1) is 56.3. The van der Waals surface area contributed by atoms with Gasteiger partial charge in [0.1, 0.15) is 5.82 Å². The van der Waals surface area contributed by atoms with Gasteiger partial charge >= 0.3 is 22.7 Å². The van der Waals surface area contributed by atoms with E-state index in [9.17, 15) is 14.4 Å². The average Bonchev–Trinajstić information content (AvgIpc) is 4.25. The summed E-state index contributed by atoms with van der Waals surface area (Å²) in [5, 5.41) is 61.2. The van der Waals surface area contributed by atoms with Gasteiger partial charge in [-0.1, -0.05) is 67.4 Å². The molecule has 9 aromatic heterocycles. The van der Waals surface area contributed by atoms with Crippen LogP contribution in [0.4, 0.5) is 51.6 Å². The van der Waals surface area contributed by atoms with E-state index in [4.69, 9.17) is 24.1 Å². The molecule has 9 aromatic rings. The summed E-state index contributed by atoms with van der Waals surface area (Å²) < 4.78 is 16.8. The third-order valence-corrected chi connectivity index (χ3v) is 12.5. The van der Waals surface area contributed by atoms with Gasteiger partial charge in [0.25, 0.3) is 17.1 Å². The van der Waals surface area contributed by atoms with E-state index >= 15 is 0 Å². The molecule has 31 nitrogen and oxygen atoms in total. The van der Waals surface area contributed by atoms with Crippen LogP contribution in [0.3, 0.4) is 0 Å². The van der Waals surface area contributed by atoms with E-state index < -0.39 is 16.7 Å². The summed E-state index contributed by atoms with van der Waals surface area (Å²) in [7, 11) is 0. The number of nitrogens with zero attached hydrogens (tertiary/aromatic N) is 21. The van der Waals surface area contributed by atoms with Crippen LogP contribution in [0.25, 0.3) is 30.8 Å². The number of hydrogen-bond acceptors (Lipinski definition) is 22. The molecule has 0 fully saturated rings. The van der Waals surface area contributed by atoms with Crippen LogP contribution in [0.15, 0.2) is 55.9 Å². The highest BCUT2D eigenvalue weighted by Crippen LogP contribution is 2.40. The molecule has 0 saturated carbocycles. The van der Waals surface area contributed by atoms with Crippen molar-refractivity contribution in [2.75, 3.05) is 0 Å². The van der Waals surface area contributed by atoms with Crippen LogP contribution >= 0.6 is 35.7 Å². The fraction of sp³-hybridized carbons (Fsp3) is 0.386. The van der Waals surface area contributed by atoms with Gasteiger partial charge < -0.3 is 4.42 Å². The maximum Gasteiger partial charge on any atom is 0.345 e. The molecule has 0 unspecified atom stereocenters. The van der Waals surface area contributed by atoms with Gasteiger partial charge in [-0.25, -0.2) is 24.5 Å².